The van der Waals surface area contributed by atoms with Gasteiger partial charge in [-0.25, -0.2) is 0 Å². The van der Waals surface area contributed by atoms with Crippen LogP contribution in [-0.2, 0) is 6.42 Å². The van der Waals surface area contributed by atoms with Crippen molar-refractivity contribution in [1.82, 2.24) is 4.98 Å². The molecule has 1 aliphatic rings. The summed E-state index contributed by atoms with van der Waals surface area (Å²) < 4.78 is 5.42. The number of aromatic nitrogens is 1. The number of benzene rings is 1. The number of fused-ring (bicyclic) bond motifs is 1. The van der Waals surface area contributed by atoms with E-state index in [4.69, 9.17) is 4.74 Å². The zero-order valence-electron chi connectivity index (χ0n) is 9.72. The van der Waals surface area contributed by atoms with Gasteiger partial charge in [-0.05, 0) is 35.9 Å². The number of nitrogens with one attached hydrogen (secondary N) is 1. The van der Waals surface area contributed by atoms with Crippen LogP contribution in [-0.4, -0.2) is 17.5 Å². The number of carbonyl (C=O) groups excluding carboxylic acids is 1. The van der Waals surface area contributed by atoms with Crippen LogP contribution in [0.5, 0.6) is 5.75 Å². The van der Waals surface area contributed by atoms with Gasteiger partial charge in [-0.15, -0.1) is 0 Å². The molecule has 4 heteroatoms. The Kier molecular flexibility index (Phi) is 2.68. The summed E-state index contributed by atoms with van der Waals surface area (Å²) >= 11 is 0. The van der Waals surface area contributed by atoms with E-state index in [0.717, 1.165) is 30.0 Å². The number of anilines is 1. The third-order valence-corrected chi connectivity index (χ3v) is 2.89. The highest BCUT2D eigenvalue weighted by atomic mass is 16.5. The molecule has 1 N–H and O–H groups in total. The Labute approximate surface area is 105 Å². The summed E-state index contributed by atoms with van der Waals surface area (Å²) in [6.07, 6.45) is 4.10. The highest BCUT2D eigenvalue weighted by Gasteiger charge is 2.13. The van der Waals surface area contributed by atoms with Gasteiger partial charge in [0, 0.05) is 30.1 Å². The fourth-order valence-corrected chi connectivity index (χ4v) is 1.97. The largest absolute Gasteiger partial charge is 0.493 e. The lowest BCUT2D eigenvalue weighted by Crippen LogP contribution is -2.11. The van der Waals surface area contributed by atoms with Gasteiger partial charge in [0.05, 0.1) is 6.61 Å². The first-order valence-corrected chi connectivity index (χ1v) is 5.80. The second-order valence-corrected chi connectivity index (χ2v) is 4.11. The van der Waals surface area contributed by atoms with Crippen LogP contribution in [0.15, 0.2) is 42.7 Å². The summed E-state index contributed by atoms with van der Waals surface area (Å²) in [5.41, 5.74) is 2.53. The number of nitrogens with zero attached hydrogens (tertiary/aromatic N) is 1. The van der Waals surface area contributed by atoms with Crippen molar-refractivity contribution in [3.8, 4) is 5.75 Å². The number of hydrogen-bond donors (Lipinski definition) is 1. The van der Waals surface area contributed by atoms with Crippen LogP contribution >= 0.6 is 0 Å². The standard InChI is InChI=1S/C14H12N2O2/c17-14(10-3-6-15-7-4-10)16-12-1-2-13-11(9-12)5-8-18-13/h1-4,6-7,9H,5,8H2,(H,16,17). The normalized spacial score (nSPS) is 12.7. The quantitative estimate of drug-likeness (QED) is 0.876. The Morgan fingerprint density at radius 1 is 1.22 bits per heavy atom. The topological polar surface area (TPSA) is 51.2 Å². The van der Waals surface area contributed by atoms with E-state index >= 15 is 0 Å². The van der Waals surface area contributed by atoms with Gasteiger partial charge in [-0.2, -0.15) is 0 Å². The zero-order valence-corrected chi connectivity index (χ0v) is 9.72. The van der Waals surface area contributed by atoms with E-state index in [1.165, 1.54) is 0 Å². The molecule has 0 unspecified atom stereocenters. The summed E-state index contributed by atoms with van der Waals surface area (Å²) in [7, 11) is 0. The molecule has 0 saturated carbocycles. The molecule has 0 saturated heterocycles. The summed E-state index contributed by atoms with van der Waals surface area (Å²) in [4.78, 5) is 15.8. The number of amides is 1. The zero-order chi connectivity index (χ0) is 12.4. The molecule has 0 aliphatic carbocycles. The van der Waals surface area contributed by atoms with Crippen LogP contribution in [0.4, 0.5) is 5.69 Å². The minimum Gasteiger partial charge on any atom is -0.493 e. The molecule has 0 spiro atoms. The van der Waals surface area contributed by atoms with Crippen LogP contribution in [0.25, 0.3) is 0 Å². The van der Waals surface area contributed by atoms with E-state index < -0.39 is 0 Å². The summed E-state index contributed by atoms with van der Waals surface area (Å²) in [5.74, 6) is 0.785. The predicted molar refractivity (Wildman–Crippen MR) is 67.8 cm³/mol. The molecule has 2 aromatic rings. The average molecular weight is 240 g/mol. The molecule has 1 aromatic carbocycles. The molecule has 2 heterocycles. The molecule has 3 rings (SSSR count). The smallest absolute Gasteiger partial charge is 0.255 e. The number of hydrogen-bond acceptors (Lipinski definition) is 3. The van der Waals surface area contributed by atoms with Crippen LogP contribution in [0.2, 0.25) is 0 Å². The average Bonchev–Trinajstić information content (AvgIpc) is 2.87. The second-order valence-electron chi connectivity index (χ2n) is 4.11. The number of rotatable bonds is 2. The van der Waals surface area contributed by atoms with Gasteiger partial charge in [-0.3, -0.25) is 9.78 Å². The van der Waals surface area contributed by atoms with E-state index in [1.54, 1.807) is 24.5 Å². The minimum atomic E-state index is -0.128. The Balaban J connectivity index is 1.79. The fourth-order valence-electron chi connectivity index (χ4n) is 1.97. The SMILES string of the molecule is O=C(Nc1ccc2c(c1)CCO2)c1ccncc1. The van der Waals surface area contributed by atoms with Crippen molar-refractivity contribution in [3.63, 3.8) is 0 Å². The van der Waals surface area contributed by atoms with Crippen molar-refractivity contribution in [2.24, 2.45) is 0 Å². The van der Waals surface area contributed by atoms with E-state index in [0.29, 0.717) is 5.56 Å². The van der Waals surface area contributed by atoms with Crippen LogP contribution in [0, 0.1) is 0 Å². The molecule has 1 aliphatic heterocycles. The maximum atomic E-state index is 11.9. The second kappa shape index (κ2) is 4.49. The highest BCUT2D eigenvalue weighted by Crippen LogP contribution is 2.27. The Bertz CT molecular complexity index is 582. The Morgan fingerprint density at radius 3 is 2.89 bits per heavy atom. The van der Waals surface area contributed by atoms with Gasteiger partial charge in [0.1, 0.15) is 5.75 Å². The lowest BCUT2D eigenvalue weighted by Gasteiger charge is -2.06. The monoisotopic (exact) mass is 240 g/mol. The van der Waals surface area contributed by atoms with Gasteiger partial charge in [0.2, 0.25) is 0 Å². The van der Waals surface area contributed by atoms with Gasteiger partial charge in [0.25, 0.3) is 5.91 Å². The van der Waals surface area contributed by atoms with Gasteiger partial charge in [-0.1, -0.05) is 0 Å². The van der Waals surface area contributed by atoms with E-state index in [1.807, 2.05) is 18.2 Å². The van der Waals surface area contributed by atoms with Crippen molar-refractivity contribution in [3.05, 3.63) is 53.9 Å². The van der Waals surface area contributed by atoms with Crippen LogP contribution in [0.3, 0.4) is 0 Å². The molecule has 18 heavy (non-hydrogen) atoms. The van der Waals surface area contributed by atoms with Crippen molar-refractivity contribution >= 4 is 11.6 Å². The molecular formula is C14H12N2O2. The molecule has 90 valence electrons. The summed E-state index contributed by atoms with van der Waals surface area (Å²) in [6, 6.07) is 9.08. The predicted octanol–water partition coefficient (Wildman–Crippen LogP) is 2.27. The van der Waals surface area contributed by atoms with E-state index in [-0.39, 0.29) is 5.91 Å². The molecule has 0 atom stereocenters. The van der Waals surface area contributed by atoms with E-state index in [2.05, 4.69) is 10.3 Å². The fraction of sp³-hybridized carbons (Fsp3) is 0.143. The minimum absolute atomic E-state index is 0.128. The maximum absolute atomic E-state index is 11.9. The third kappa shape index (κ3) is 2.05. The molecule has 4 nitrogen and oxygen atoms in total. The highest BCUT2D eigenvalue weighted by molar-refractivity contribution is 6.04. The van der Waals surface area contributed by atoms with Gasteiger partial charge < -0.3 is 10.1 Å². The van der Waals surface area contributed by atoms with Crippen LogP contribution < -0.4 is 10.1 Å². The van der Waals surface area contributed by atoms with Crippen molar-refractivity contribution in [2.45, 2.75) is 6.42 Å². The van der Waals surface area contributed by atoms with E-state index in [9.17, 15) is 4.79 Å². The first-order valence-electron chi connectivity index (χ1n) is 5.80. The summed E-state index contributed by atoms with van der Waals surface area (Å²) in [6.45, 7) is 0.719. The van der Waals surface area contributed by atoms with Crippen molar-refractivity contribution in [2.75, 3.05) is 11.9 Å². The molecule has 0 fully saturated rings. The first kappa shape index (κ1) is 10.8. The molecule has 0 bridgehead atoms. The number of carbonyl (C=O) groups is 1. The molecule has 1 amide bonds. The first-order chi connectivity index (χ1) is 8.83. The molecule has 0 radical (unpaired) electrons. The number of ether oxygens (including phenoxy) is 1. The number of pyridine rings is 1. The third-order valence-electron chi connectivity index (χ3n) is 2.89. The maximum Gasteiger partial charge on any atom is 0.255 e. The Hall–Kier alpha value is -2.36. The molecular weight excluding hydrogens is 228 g/mol. The van der Waals surface area contributed by atoms with Gasteiger partial charge in [0.15, 0.2) is 0 Å². The lowest BCUT2D eigenvalue weighted by molar-refractivity contribution is 0.102. The van der Waals surface area contributed by atoms with Crippen molar-refractivity contribution < 1.29 is 9.53 Å². The van der Waals surface area contributed by atoms with Crippen LogP contribution in [0.1, 0.15) is 15.9 Å². The summed E-state index contributed by atoms with van der Waals surface area (Å²) in [5, 5.41) is 2.87. The van der Waals surface area contributed by atoms with Gasteiger partial charge >= 0.3 is 0 Å². The lowest BCUT2D eigenvalue weighted by atomic mass is 10.1. The van der Waals surface area contributed by atoms with Crippen molar-refractivity contribution in [1.29, 1.82) is 0 Å². The molecule has 1 aromatic heterocycles. The Morgan fingerprint density at radius 2 is 2.06 bits per heavy atom.